The zero-order valence-corrected chi connectivity index (χ0v) is 10.6. The van der Waals surface area contributed by atoms with Gasteiger partial charge in [-0.1, -0.05) is 30.7 Å². The SMILES string of the molecule is CCNC(CCC(F)(F)F)c1cccc(Cl)c1F. The molecule has 1 nitrogen and oxygen atoms in total. The second-order valence-electron chi connectivity index (χ2n) is 3.91. The first kappa shape index (κ1) is 15.2. The zero-order valence-electron chi connectivity index (χ0n) is 9.82. The van der Waals surface area contributed by atoms with Crippen LogP contribution in [0.25, 0.3) is 0 Å². The third kappa shape index (κ3) is 4.46. The molecule has 1 atom stereocenters. The Kier molecular flexibility index (Phi) is 5.41. The predicted octanol–water partition coefficient (Wildman–Crippen LogP) is 4.47. The van der Waals surface area contributed by atoms with E-state index >= 15 is 0 Å². The molecular formula is C12H14ClF4N. The Hall–Kier alpha value is -0.810. The normalized spacial score (nSPS) is 13.7. The van der Waals surface area contributed by atoms with Gasteiger partial charge in [-0.25, -0.2) is 4.39 Å². The Balaban J connectivity index is 2.87. The minimum absolute atomic E-state index is 0.0811. The van der Waals surface area contributed by atoms with Crippen LogP contribution in [0, 0.1) is 5.82 Å². The Morgan fingerprint density at radius 2 is 2.00 bits per heavy atom. The van der Waals surface area contributed by atoms with Crippen molar-refractivity contribution < 1.29 is 17.6 Å². The van der Waals surface area contributed by atoms with Crippen LogP contribution in [0.2, 0.25) is 5.02 Å². The van der Waals surface area contributed by atoms with Crippen LogP contribution in [-0.4, -0.2) is 12.7 Å². The number of halogens is 5. The van der Waals surface area contributed by atoms with E-state index in [9.17, 15) is 17.6 Å². The van der Waals surface area contributed by atoms with E-state index in [1.807, 2.05) is 0 Å². The number of rotatable bonds is 5. The Bertz CT molecular complexity index is 392. The number of alkyl halides is 3. The maximum atomic E-state index is 13.7. The van der Waals surface area contributed by atoms with Gasteiger partial charge in [0.2, 0.25) is 0 Å². The Labute approximate surface area is 108 Å². The van der Waals surface area contributed by atoms with E-state index < -0.39 is 24.5 Å². The van der Waals surface area contributed by atoms with Crippen LogP contribution in [0.1, 0.15) is 31.4 Å². The van der Waals surface area contributed by atoms with Crippen molar-refractivity contribution >= 4 is 11.6 Å². The zero-order chi connectivity index (χ0) is 13.8. The summed E-state index contributed by atoms with van der Waals surface area (Å²) in [6.07, 6.45) is -5.42. The van der Waals surface area contributed by atoms with Gasteiger partial charge in [-0.05, 0) is 19.0 Å². The average molecular weight is 284 g/mol. The van der Waals surface area contributed by atoms with Crippen LogP contribution in [0.3, 0.4) is 0 Å². The molecule has 6 heteroatoms. The number of nitrogens with one attached hydrogen (secondary N) is 1. The molecule has 0 bridgehead atoms. The predicted molar refractivity (Wildman–Crippen MR) is 63.1 cm³/mol. The van der Waals surface area contributed by atoms with E-state index in [0.717, 1.165) is 0 Å². The lowest BCUT2D eigenvalue weighted by molar-refractivity contribution is -0.136. The fourth-order valence-electron chi connectivity index (χ4n) is 1.71. The number of hydrogen-bond donors (Lipinski definition) is 1. The molecule has 0 heterocycles. The minimum atomic E-state index is -4.25. The van der Waals surface area contributed by atoms with E-state index in [4.69, 9.17) is 11.6 Å². The molecule has 0 spiro atoms. The maximum absolute atomic E-state index is 13.7. The van der Waals surface area contributed by atoms with Gasteiger partial charge < -0.3 is 5.32 Å². The number of hydrogen-bond acceptors (Lipinski definition) is 1. The molecule has 0 fully saturated rings. The highest BCUT2D eigenvalue weighted by atomic mass is 35.5. The van der Waals surface area contributed by atoms with Crippen LogP contribution < -0.4 is 5.32 Å². The van der Waals surface area contributed by atoms with Crippen LogP contribution in [0.5, 0.6) is 0 Å². The summed E-state index contributed by atoms with van der Waals surface area (Å²) in [7, 11) is 0. The molecule has 1 aromatic rings. The molecule has 0 aromatic heterocycles. The van der Waals surface area contributed by atoms with Gasteiger partial charge in [-0.15, -0.1) is 0 Å². The first-order valence-electron chi connectivity index (χ1n) is 5.59. The van der Waals surface area contributed by atoms with E-state index in [2.05, 4.69) is 5.32 Å². The van der Waals surface area contributed by atoms with Crippen molar-refractivity contribution in [3.63, 3.8) is 0 Å². The molecule has 0 saturated heterocycles. The van der Waals surface area contributed by atoms with Crippen LogP contribution in [-0.2, 0) is 0 Å². The summed E-state index contributed by atoms with van der Waals surface area (Å²) >= 11 is 5.62. The van der Waals surface area contributed by atoms with Gasteiger partial charge in [0.05, 0.1) is 5.02 Å². The van der Waals surface area contributed by atoms with E-state index in [-0.39, 0.29) is 17.0 Å². The summed E-state index contributed by atoms with van der Waals surface area (Å²) in [5, 5.41) is 2.76. The third-order valence-electron chi connectivity index (χ3n) is 2.52. The smallest absolute Gasteiger partial charge is 0.310 e. The second kappa shape index (κ2) is 6.38. The Morgan fingerprint density at radius 3 is 2.56 bits per heavy atom. The monoisotopic (exact) mass is 283 g/mol. The molecule has 0 aliphatic rings. The largest absolute Gasteiger partial charge is 0.389 e. The fourth-order valence-corrected chi connectivity index (χ4v) is 1.89. The van der Waals surface area contributed by atoms with Crippen molar-refractivity contribution in [1.29, 1.82) is 0 Å². The third-order valence-corrected chi connectivity index (χ3v) is 2.82. The van der Waals surface area contributed by atoms with E-state index in [1.165, 1.54) is 18.2 Å². The highest BCUT2D eigenvalue weighted by Crippen LogP contribution is 2.30. The highest BCUT2D eigenvalue weighted by Gasteiger charge is 2.29. The van der Waals surface area contributed by atoms with Gasteiger partial charge in [0.15, 0.2) is 0 Å². The summed E-state index contributed by atoms with van der Waals surface area (Å²) in [6.45, 7) is 2.21. The minimum Gasteiger partial charge on any atom is -0.310 e. The first-order chi connectivity index (χ1) is 8.35. The fraction of sp³-hybridized carbons (Fsp3) is 0.500. The number of benzene rings is 1. The molecular weight excluding hydrogens is 270 g/mol. The van der Waals surface area contributed by atoms with Gasteiger partial charge >= 0.3 is 6.18 Å². The van der Waals surface area contributed by atoms with Gasteiger partial charge in [-0.3, -0.25) is 0 Å². The second-order valence-corrected chi connectivity index (χ2v) is 4.31. The molecule has 102 valence electrons. The maximum Gasteiger partial charge on any atom is 0.389 e. The van der Waals surface area contributed by atoms with Crippen molar-refractivity contribution in [2.45, 2.75) is 32.0 Å². The van der Waals surface area contributed by atoms with Crippen LogP contribution in [0.4, 0.5) is 17.6 Å². The molecule has 1 rings (SSSR count). The quantitative estimate of drug-likeness (QED) is 0.786. The average Bonchev–Trinajstić information content (AvgIpc) is 2.27. The van der Waals surface area contributed by atoms with Crippen LogP contribution >= 0.6 is 11.6 Å². The standard InChI is InChI=1S/C12H14ClF4N/c1-2-18-10(6-7-12(15,16)17)8-4-3-5-9(13)11(8)14/h3-5,10,18H,2,6-7H2,1H3. The van der Waals surface area contributed by atoms with Gasteiger partial charge in [0, 0.05) is 18.0 Å². The molecule has 1 aromatic carbocycles. The lowest BCUT2D eigenvalue weighted by Crippen LogP contribution is -2.24. The van der Waals surface area contributed by atoms with Crippen molar-refractivity contribution in [3.8, 4) is 0 Å². The van der Waals surface area contributed by atoms with Gasteiger partial charge in [-0.2, -0.15) is 13.2 Å². The lowest BCUT2D eigenvalue weighted by atomic mass is 10.0. The molecule has 0 aliphatic carbocycles. The molecule has 0 saturated carbocycles. The summed E-state index contributed by atoms with van der Waals surface area (Å²) in [5.41, 5.74) is 0.175. The molecule has 18 heavy (non-hydrogen) atoms. The molecule has 0 radical (unpaired) electrons. The van der Waals surface area contributed by atoms with Crippen molar-refractivity contribution in [2.24, 2.45) is 0 Å². The highest BCUT2D eigenvalue weighted by molar-refractivity contribution is 6.30. The van der Waals surface area contributed by atoms with E-state index in [0.29, 0.717) is 6.54 Å². The summed E-state index contributed by atoms with van der Waals surface area (Å²) in [4.78, 5) is 0. The van der Waals surface area contributed by atoms with Crippen molar-refractivity contribution in [2.75, 3.05) is 6.54 Å². The molecule has 0 aliphatic heterocycles. The summed E-state index contributed by atoms with van der Waals surface area (Å²) < 4.78 is 50.4. The van der Waals surface area contributed by atoms with Gasteiger partial charge in [0.25, 0.3) is 0 Å². The van der Waals surface area contributed by atoms with Crippen molar-refractivity contribution in [1.82, 2.24) is 5.32 Å². The summed E-state index contributed by atoms with van der Waals surface area (Å²) in [6, 6.07) is 3.66. The van der Waals surface area contributed by atoms with Crippen LogP contribution in [0.15, 0.2) is 18.2 Å². The summed E-state index contributed by atoms with van der Waals surface area (Å²) in [5.74, 6) is -0.660. The van der Waals surface area contributed by atoms with Gasteiger partial charge in [0.1, 0.15) is 5.82 Å². The topological polar surface area (TPSA) is 12.0 Å². The lowest BCUT2D eigenvalue weighted by Gasteiger charge is -2.20. The molecule has 1 unspecified atom stereocenters. The molecule has 1 N–H and O–H groups in total. The Morgan fingerprint density at radius 1 is 1.33 bits per heavy atom. The van der Waals surface area contributed by atoms with E-state index in [1.54, 1.807) is 6.92 Å². The first-order valence-corrected chi connectivity index (χ1v) is 5.97. The van der Waals surface area contributed by atoms with Crippen molar-refractivity contribution in [3.05, 3.63) is 34.6 Å². The molecule has 0 amide bonds.